The van der Waals surface area contributed by atoms with Crippen molar-refractivity contribution < 1.29 is 36.4 Å². The lowest BCUT2D eigenvalue weighted by Crippen LogP contribution is -2.09. The van der Waals surface area contributed by atoms with E-state index in [4.69, 9.17) is 4.42 Å². The predicted octanol–water partition coefficient (Wildman–Crippen LogP) is 3.53. The number of aromatic amines is 1. The van der Waals surface area contributed by atoms with Gasteiger partial charge in [0.1, 0.15) is 0 Å². The summed E-state index contributed by atoms with van der Waals surface area (Å²) in [7, 11) is 0. The summed E-state index contributed by atoms with van der Waals surface area (Å²) < 4.78 is 62.7. The van der Waals surface area contributed by atoms with Crippen LogP contribution in [0, 0.1) is 0 Å². The minimum Gasteiger partial charge on any atom is -0.431 e. The number of hydrogen-bond acceptors (Lipinski definition) is 3. The molecule has 1 aromatic heterocycles. The number of ether oxygens (including phenoxy) is 2. The highest BCUT2D eigenvalue weighted by Crippen LogP contribution is 2.33. The molecule has 0 saturated carbocycles. The maximum Gasteiger partial charge on any atom is 0.387 e. The number of alkyl halides is 4. The standard InChI is InChI=1S/C13H11F4NO3/c1-2-8-6-19-11(18-8)7-3-4-9(20-12(14)15)10(5-7)21-13(16)17/h3-6,12-13H,2H2,1H3/p+1. The van der Waals surface area contributed by atoms with E-state index in [-0.39, 0.29) is 0 Å². The Labute approximate surface area is 117 Å². The average Bonchev–Trinajstić information content (AvgIpc) is 2.88. The Morgan fingerprint density at radius 1 is 1.10 bits per heavy atom. The molecule has 8 heteroatoms. The van der Waals surface area contributed by atoms with E-state index in [9.17, 15) is 17.6 Å². The number of oxazole rings is 1. The minimum absolute atomic E-state index is 0.301. The lowest BCUT2D eigenvalue weighted by molar-refractivity contribution is -0.380. The largest absolute Gasteiger partial charge is 0.431 e. The molecule has 1 N–H and O–H groups in total. The van der Waals surface area contributed by atoms with Crippen LogP contribution in [0.4, 0.5) is 17.6 Å². The molecule has 0 radical (unpaired) electrons. The lowest BCUT2D eigenvalue weighted by Gasteiger charge is -2.11. The van der Waals surface area contributed by atoms with Crippen LogP contribution in [-0.2, 0) is 6.42 Å². The van der Waals surface area contributed by atoms with Crippen molar-refractivity contribution in [3.8, 4) is 23.0 Å². The molecule has 0 spiro atoms. The normalized spacial score (nSPS) is 11.2. The third-order valence-electron chi connectivity index (χ3n) is 2.61. The van der Waals surface area contributed by atoms with Gasteiger partial charge in [0.15, 0.2) is 17.8 Å². The van der Waals surface area contributed by atoms with Gasteiger partial charge in [-0.05, 0) is 12.1 Å². The van der Waals surface area contributed by atoms with Gasteiger partial charge < -0.3 is 13.9 Å². The van der Waals surface area contributed by atoms with E-state index >= 15 is 0 Å². The molecule has 114 valence electrons. The van der Waals surface area contributed by atoms with Crippen molar-refractivity contribution in [2.45, 2.75) is 26.6 Å². The van der Waals surface area contributed by atoms with Crippen LogP contribution in [0.1, 0.15) is 12.6 Å². The zero-order valence-corrected chi connectivity index (χ0v) is 10.9. The summed E-state index contributed by atoms with van der Waals surface area (Å²) in [5, 5.41) is 0. The van der Waals surface area contributed by atoms with E-state index in [0.29, 0.717) is 17.9 Å². The number of H-pyrrole nitrogens is 1. The zero-order valence-electron chi connectivity index (χ0n) is 10.9. The van der Waals surface area contributed by atoms with E-state index in [2.05, 4.69) is 14.5 Å². The number of rotatable bonds is 6. The van der Waals surface area contributed by atoms with Crippen molar-refractivity contribution in [1.82, 2.24) is 0 Å². The maximum atomic E-state index is 12.3. The fourth-order valence-corrected chi connectivity index (χ4v) is 1.68. The van der Waals surface area contributed by atoms with Gasteiger partial charge in [0.2, 0.25) is 5.69 Å². The van der Waals surface area contributed by atoms with Crippen LogP contribution in [0.15, 0.2) is 28.9 Å². The average molecular weight is 306 g/mol. The Morgan fingerprint density at radius 3 is 2.33 bits per heavy atom. The maximum absolute atomic E-state index is 12.3. The molecular formula is C13H12F4NO3+. The van der Waals surface area contributed by atoms with Crippen LogP contribution >= 0.6 is 0 Å². The molecule has 0 aliphatic heterocycles. The van der Waals surface area contributed by atoms with Crippen molar-refractivity contribution >= 4 is 0 Å². The highest BCUT2D eigenvalue weighted by molar-refractivity contribution is 5.58. The number of benzene rings is 1. The van der Waals surface area contributed by atoms with Crippen molar-refractivity contribution in [2.75, 3.05) is 0 Å². The number of hydrogen-bond donors (Lipinski definition) is 0. The van der Waals surface area contributed by atoms with Gasteiger partial charge in [-0.2, -0.15) is 22.5 Å². The lowest BCUT2D eigenvalue weighted by atomic mass is 10.2. The van der Waals surface area contributed by atoms with Crippen molar-refractivity contribution in [2.24, 2.45) is 0 Å². The third kappa shape index (κ3) is 3.87. The summed E-state index contributed by atoms with van der Waals surface area (Å²) in [6, 6.07) is 3.64. The molecule has 0 aliphatic carbocycles. The molecule has 0 aliphatic rings. The smallest absolute Gasteiger partial charge is 0.387 e. The quantitative estimate of drug-likeness (QED) is 0.767. The minimum atomic E-state index is -3.16. The van der Waals surface area contributed by atoms with Gasteiger partial charge in [0, 0.05) is 12.5 Å². The molecule has 1 aromatic carbocycles. The number of nitrogens with one attached hydrogen (secondary N) is 1. The summed E-state index contributed by atoms with van der Waals surface area (Å²) in [6.45, 7) is -4.40. The van der Waals surface area contributed by atoms with Crippen molar-refractivity contribution in [3.05, 3.63) is 30.2 Å². The molecule has 0 fully saturated rings. The molecule has 1 heterocycles. The van der Waals surface area contributed by atoms with Gasteiger partial charge in [-0.25, -0.2) is 0 Å². The van der Waals surface area contributed by atoms with Crippen molar-refractivity contribution in [1.29, 1.82) is 0 Å². The molecular weight excluding hydrogens is 294 g/mol. The summed E-state index contributed by atoms with van der Waals surface area (Å²) in [6.07, 6.45) is 2.17. The Balaban J connectivity index is 2.35. The highest BCUT2D eigenvalue weighted by Gasteiger charge is 2.19. The first-order chi connectivity index (χ1) is 9.99. The van der Waals surface area contributed by atoms with Crippen LogP contribution in [0.25, 0.3) is 11.5 Å². The van der Waals surface area contributed by atoms with Gasteiger partial charge in [0.25, 0.3) is 0 Å². The van der Waals surface area contributed by atoms with Crippen LogP contribution in [0.3, 0.4) is 0 Å². The van der Waals surface area contributed by atoms with Crippen LogP contribution < -0.4 is 14.5 Å². The fraction of sp³-hybridized carbons (Fsp3) is 0.308. The molecule has 0 atom stereocenters. The first kappa shape index (κ1) is 15.1. The molecule has 0 amide bonds. The van der Waals surface area contributed by atoms with Gasteiger partial charge in [-0.3, -0.25) is 0 Å². The van der Waals surface area contributed by atoms with E-state index in [0.717, 1.165) is 17.8 Å². The van der Waals surface area contributed by atoms with E-state index in [1.54, 1.807) is 0 Å². The second-order valence-corrected chi connectivity index (χ2v) is 3.99. The topological polar surface area (TPSA) is 45.7 Å². The number of aryl methyl sites for hydroxylation is 1. The molecule has 2 rings (SSSR count). The first-order valence-electron chi connectivity index (χ1n) is 6.03. The summed E-state index contributed by atoms with van der Waals surface area (Å²) in [5.41, 5.74) is 1.17. The second kappa shape index (κ2) is 6.47. The second-order valence-electron chi connectivity index (χ2n) is 3.99. The van der Waals surface area contributed by atoms with Crippen LogP contribution in [0.5, 0.6) is 11.5 Å². The molecule has 21 heavy (non-hydrogen) atoms. The Morgan fingerprint density at radius 2 is 1.76 bits per heavy atom. The van der Waals surface area contributed by atoms with E-state index in [1.807, 2.05) is 6.92 Å². The summed E-state index contributed by atoms with van der Waals surface area (Å²) >= 11 is 0. The van der Waals surface area contributed by atoms with Gasteiger partial charge >= 0.3 is 19.1 Å². The van der Waals surface area contributed by atoms with Crippen LogP contribution in [0.2, 0.25) is 0 Å². The van der Waals surface area contributed by atoms with Crippen molar-refractivity contribution in [3.63, 3.8) is 0 Å². The Kier molecular flexibility index (Phi) is 4.66. The summed E-state index contributed by atoms with van der Waals surface area (Å²) in [4.78, 5) is 2.92. The van der Waals surface area contributed by atoms with Gasteiger partial charge in [-0.15, -0.1) is 0 Å². The number of aromatic nitrogens is 1. The molecule has 4 nitrogen and oxygen atoms in total. The third-order valence-corrected chi connectivity index (χ3v) is 2.61. The zero-order chi connectivity index (χ0) is 15.4. The molecule has 0 bridgehead atoms. The number of halogens is 4. The van der Waals surface area contributed by atoms with Gasteiger partial charge in [-0.1, -0.05) is 6.92 Å². The van der Waals surface area contributed by atoms with E-state index in [1.165, 1.54) is 12.3 Å². The summed E-state index contributed by atoms with van der Waals surface area (Å²) in [5.74, 6) is -0.670. The van der Waals surface area contributed by atoms with E-state index < -0.39 is 24.7 Å². The monoisotopic (exact) mass is 306 g/mol. The first-order valence-corrected chi connectivity index (χ1v) is 6.03. The molecule has 0 unspecified atom stereocenters. The van der Waals surface area contributed by atoms with Crippen LogP contribution in [-0.4, -0.2) is 13.2 Å². The Bertz CT molecular complexity index is 601. The highest BCUT2D eigenvalue weighted by atomic mass is 19.3. The molecule has 0 saturated heterocycles. The molecule has 2 aromatic rings. The fourth-order valence-electron chi connectivity index (χ4n) is 1.68. The SMILES string of the molecule is CCc1coc(-c2ccc(OC(F)F)c(OC(F)F)c2)[nH+]1. The van der Waals surface area contributed by atoms with Gasteiger partial charge in [0.05, 0.1) is 5.56 Å². The Hall–Kier alpha value is -2.25. The predicted molar refractivity (Wildman–Crippen MR) is 63.3 cm³/mol.